The van der Waals surface area contributed by atoms with Crippen molar-refractivity contribution < 1.29 is 23.8 Å². The van der Waals surface area contributed by atoms with Crippen LogP contribution < -0.4 is 10.6 Å². The van der Waals surface area contributed by atoms with Crippen molar-refractivity contribution in [1.29, 1.82) is 0 Å². The van der Waals surface area contributed by atoms with Gasteiger partial charge in [-0.1, -0.05) is 30.4 Å². The van der Waals surface area contributed by atoms with Gasteiger partial charge in [0.2, 0.25) is 5.91 Å². The Morgan fingerprint density at radius 3 is 2.76 bits per heavy atom. The summed E-state index contributed by atoms with van der Waals surface area (Å²) in [5, 5.41) is 15.0. The highest BCUT2D eigenvalue weighted by atomic mass is 19.1. The SMILES string of the molecule is O=C(C[C@H]1C=C[C@H](NC(=O)c2cnccn2)[C@@H](CO)O1)NCc1ccccc1F. The number of aromatic nitrogens is 2. The molecule has 3 N–H and O–H groups in total. The molecule has 0 saturated heterocycles. The largest absolute Gasteiger partial charge is 0.394 e. The van der Waals surface area contributed by atoms with E-state index in [0.29, 0.717) is 5.56 Å². The summed E-state index contributed by atoms with van der Waals surface area (Å²) in [6.45, 7) is -0.273. The number of ether oxygens (including phenoxy) is 1. The van der Waals surface area contributed by atoms with E-state index in [9.17, 15) is 19.1 Å². The summed E-state index contributed by atoms with van der Waals surface area (Å²) in [6.07, 6.45) is 6.23. The monoisotopic (exact) mass is 400 g/mol. The summed E-state index contributed by atoms with van der Waals surface area (Å²) < 4.78 is 19.3. The second-order valence-electron chi connectivity index (χ2n) is 6.44. The Balaban J connectivity index is 1.53. The minimum absolute atomic E-state index is 0.00623. The van der Waals surface area contributed by atoms with Gasteiger partial charge in [-0.3, -0.25) is 14.6 Å². The Kier molecular flexibility index (Phi) is 6.99. The maximum absolute atomic E-state index is 13.6. The second kappa shape index (κ2) is 9.85. The minimum Gasteiger partial charge on any atom is -0.394 e. The number of aliphatic hydroxyl groups is 1. The van der Waals surface area contributed by atoms with E-state index in [-0.39, 0.29) is 37.0 Å². The van der Waals surface area contributed by atoms with Crippen LogP contribution in [0.15, 0.2) is 55.0 Å². The number of hydrogen-bond acceptors (Lipinski definition) is 6. The third-order valence-corrected chi connectivity index (χ3v) is 4.38. The lowest BCUT2D eigenvalue weighted by Crippen LogP contribution is -2.49. The summed E-state index contributed by atoms with van der Waals surface area (Å²) in [6, 6.07) is 5.62. The predicted molar refractivity (Wildman–Crippen MR) is 101 cm³/mol. The quantitative estimate of drug-likeness (QED) is 0.591. The lowest BCUT2D eigenvalue weighted by atomic mass is 10.0. The molecule has 29 heavy (non-hydrogen) atoms. The first-order valence-corrected chi connectivity index (χ1v) is 9.08. The normalized spacial score (nSPS) is 20.8. The molecule has 0 fully saturated rings. The van der Waals surface area contributed by atoms with Crippen LogP contribution in [0.3, 0.4) is 0 Å². The number of nitrogens with one attached hydrogen (secondary N) is 2. The Bertz CT molecular complexity index is 878. The molecule has 0 saturated carbocycles. The van der Waals surface area contributed by atoms with Crippen LogP contribution >= 0.6 is 0 Å². The van der Waals surface area contributed by atoms with Gasteiger partial charge in [0.1, 0.15) is 17.6 Å². The van der Waals surface area contributed by atoms with Crippen molar-refractivity contribution >= 4 is 11.8 Å². The molecular weight excluding hydrogens is 379 g/mol. The van der Waals surface area contributed by atoms with Gasteiger partial charge < -0.3 is 20.5 Å². The average molecular weight is 400 g/mol. The topological polar surface area (TPSA) is 113 Å². The van der Waals surface area contributed by atoms with E-state index in [4.69, 9.17) is 4.74 Å². The van der Waals surface area contributed by atoms with Crippen LogP contribution in [0.2, 0.25) is 0 Å². The maximum Gasteiger partial charge on any atom is 0.272 e. The lowest BCUT2D eigenvalue weighted by molar-refractivity contribution is -0.125. The zero-order valence-electron chi connectivity index (χ0n) is 15.5. The summed E-state index contributed by atoms with van der Waals surface area (Å²) >= 11 is 0. The number of nitrogens with zero attached hydrogens (tertiary/aromatic N) is 2. The number of benzene rings is 1. The fraction of sp³-hybridized carbons (Fsp3) is 0.300. The maximum atomic E-state index is 13.6. The van der Waals surface area contributed by atoms with E-state index < -0.39 is 24.2 Å². The highest BCUT2D eigenvalue weighted by Crippen LogP contribution is 2.16. The fourth-order valence-corrected chi connectivity index (χ4v) is 2.87. The molecule has 0 radical (unpaired) electrons. The van der Waals surface area contributed by atoms with Gasteiger partial charge in [-0.2, -0.15) is 0 Å². The summed E-state index contributed by atoms with van der Waals surface area (Å²) in [5.74, 6) is -1.15. The number of carbonyl (C=O) groups excluding carboxylic acids is 2. The molecule has 152 valence electrons. The molecule has 0 spiro atoms. The third-order valence-electron chi connectivity index (χ3n) is 4.38. The zero-order valence-corrected chi connectivity index (χ0v) is 15.5. The minimum atomic E-state index is -0.718. The van der Waals surface area contributed by atoms with Crippen molar-refractivity contribution in [2.75, 3.05) is 6.61 Å². The molecule has 0 aliphatic carbocycles. The van der Waals surface area contributed by atoms with Crippen LogP contribution in [0.25, 0.3) is 0 Å². The average Bonchev–Trinajstić information content (AvgIpc) is 2.74. The van der Waals surface area contributed by atoms with Gasteiger partial charge in [0.25, 0.3) is 5.91 Å². The van der Waals surface area contributed by atoms with Gasteiger partial charge >= 0.3 is 0 Å². The van der Waals surface area contributed by atoms with Crippen molar-refractivity contribution in [3.63, 3.8) is 0 Å². The highest BCUT2D eigenvalue weighted by molar-refractivity contribution is 5.92. The number of hydrogen-bond donors (Lipinski definition) is 3. The molecule has 2 aromatic rings. The Labute approximate surface area is 166 Å². The van der Waals surface area contributed by atoms with Gasteiger partial charge in [-0.25, -0.2) is 9.37 Å². The van der Waals surface area contributed by atoms with Crippen molar-refractivity contribution in [2.24, 2.45) is 0 Å². The molecule has 1 aliphatic rings. The molecule has 2 amide bonds. The van der Waals surface area contributed by atoms with Gasteiger partial charge in [-0.05, 0) is 6.07 Å². The first-order chi connectivity index (χ1) is 14.1. The van der Waals surface area contributed by atoms with Gasteiger partial charge in [0.05, 0.1) is 31.4 Å². The molecule has 8 nitrogen and oxygen atoms in total. The van der Waals surface area contributed by atoms with Crippen molar-refractivity contribution in [3.05, 3.63) is 72.1 Å². The highest BCUT2D eigenvalue weighted by Gasteiger charge is 2.29. The van der Waals surface area contributed by atoms with Crippen LogP contribution in [0.4, 0.5) is 4.39 Å². The molecule has 2 heterocycles. The first kappa shape index (κ1) is 20.6. The molecule has 1 aromatic heterocycles. The van der Waals surface area contributed by atoms with Crippen molar-refractivity contribution in [2.45, 2.75) is 31.2 Å². The molecular formula is C20H21FN4O4. The van der Waals surface area contributed by atoms with Crippen LogP contribution in [0.5, 0.6) is 0 Å². The second-order valence-corrected chi connectivity index (χ2v) is 6.44. The molecule has 3 rings (SSSR count). The van der Waals surface area contributed by atoms with Crippen molar-refractivity contribution in [3.8, 4) is 0 Å². The zero-order chi connectivity index (χ0) is 20.6. The Morgan fingerprint density at radius 1 is 1.21 bits per heavy atom. The smallest absolute Gasteiger partial charge is 0.272 e. The molecule has 9 heteroatoms. The van der Waals surface area contributed by atoms with E-state index in [1.165, 1.54) is 24.7 Å². The predicted octanol–water partition coefficient (Wildman–Crippen LogP) is 0.737. The van der Waals surface area contributed by atoms with E-state index >= 15 is 0 Å². The number of rotatable bonds is 7. The molecule has 1 aliphatic heterocycles. The molecule has 0 unspecified atom stereocenters. The number of carbonyl (C=O) groups is 2. The third kappa shape index (κ3) is 5.66. The summed E-state index contributed by atoms with van der Waals surface area (Å²) in [7, 11) is 0. The Morgan fingerprint density at radius 2 is 2.03 bits per heavy atom. The van der Waals surface area contributed by atoms with E-state index in [1.807, 2.05) is 0 Å². The number of halogens is 1. The van der Waals surface area contributed by atoms with Gasteiger partial charge in [0.15, 0.2) is 0 Å². The van der Waals surface area contributed by atoms with E-state index in [2.05, 4.69) is 20.6 Å². The number of aliphatic hydroxyl groups excluding tert-OH is 1. The first-order valence-electron chi connectivity index (χ1n) is 9.08. The van der Waals surface area contributed by atoms with E-state index in [1.54, 1.807) is 30.4 Å². The van der Waals surface area contributed by atoms with Crippen LogP contribution in [0, 0.1) is 5.82 Å². The van der Waals surface area contributed by atoms with Crippen LogP contribution in [0.1, 0.15) is 22.5 Å². The van der Waals surface area contributed by atoms with Crippen LogP contribution in [-0.4, -0.2) is 51.7 Å². The summed E-state index contributed by atoms with van der Waals surface area (Å²) in [5.41, 5.74) is 0.535. The van der Waals surface area contributed by atoms with Crippen LogP contribution in [-0.2, 0) is 16.1 Å². The lowest BCUT2D eigenvalue weighted by Gasteiger charge is -2.31. The van der Waals surface area contributed by atoms with Gasteiger partial charge in [0, 0.05) is 24.5 Å². The van der Waals surface area contributed by atoms with E-state index in [0.717, 1.165) is 0 Å². The molecule has 0 bridgehead atoms. The van der Waals surface area contributed by atoms with Crippen molar-refractivity contribution in [1.82, 2.24) is 20.6 Å². The van der Waals surface area contributed by atoms with Gasteiger partial charge in [-0.15, -0.1) is 0 Å². The summed E-state index contributed by atoms with van der Waals surface area (Å²) in [4.78, 5) is 32.1. The standard InChI is InChI=1S/C20H21FN4O4/c21-15-4-2-1-3-13(15)10-24-19(27)9-14-5-6-16(18(12-26)29-14)25-20(28)17-11-22-7-8-23-17/h1-8,11,14,16,18,26H,9-10,12H2,(H,24,27)(H,25,28)/t14-,16+,18-/m1/s1. The Hall–Kier alpha value is -3.17. The molecule has 1 aromatic carbocycles. The fourth-order valence-electron chi connectivity index (χ4n) is 2.87. The molecule has 3 atom stereocenters. The number of amides is 2.